The number of hydrogen-bond acceptors (Lipinski definition) is 4. The lowest BCUT2D eigenvalue weighted by Gasteiger charge is -2.03. The number of anilines is 1. The Morgan fingerprint density at radius 1 is 1.08 bits per heavy atom. The van der Waals surface area contributed by atoms with Crippen LogP contribution in [0.25, 0.3) is 11.1 Å². The number of oxazole rings is 1. The van der Waals surface area contributed by atoms with Gasteiger partial charge >= 0.3 is 6.09 Å². The Labute approximate surface area is 155 Å². The second-order valence-corrected chi connectivity index (χ2v) is 6.67. The Balaban J connectivity index is 1.76. The summed E-state index contributed by atoms with van der Waals surface area (Å²) in [5.74, 6) is 0. The zero-order chi connectivity index (χ0) is 18.6. The van der Waals surface area contributed by atoms with Crippen LogP contribution in [0.15, 0.2) is 22.6 Å². The molecule has 0 radical (unpaired) electrons. The highest BCUT2D eigenvalue weighted by molar-refractivity contribution is 5.78. The van der Waals surface area contributed by atoms with Crippen LogP contribution >= 0.6 is 0 Å². The van der Waals surface area contributed by atoms with Crippen molar-refractivity contribution < 1.29 is 14.3 Å². The number of nitrogens with one attached hydrogen (secondary N) is 2. The van der Waals surface area contributed by atoms with Gasteiger partial charge in [0.05, 0.1) is 0 Å². The lowest BCUT2D eigenvalue weighted by atomic mass is 10.0. The number of carbonyl (C=O) groups is 1. The van der Waals surface area contributed by atoms with E-state index in [9.17, 15) is 4.79 Å². The van der Waals surface area contributed by atoms with Crippen LogP contribution in [0.2, 0.25) is 0 Å². The number of unbranched alkanes of at least 4 members (excludes halogenated alkanes) is 7. The number of fused-ring (bicyclic) bond motifs is 1. The second-order valence-electron chi connectivity index (χ2n) is 6.67. The molecule has 6 heteroatoms. The van der Waals surface area contributed by atoms with Crippen molar-refractivity contribution in [1.82, 2.24) is 10.3 Å². The Hall–Kier alpha value is -2.24. The predicted octanol–water partition coefficient (Wildman–Crippen LogP) is 5.19. The number of aromatic nitrogens is 1. The first-order valence-corrected chi connectivity index (χ1v) is 9.79. The summed E-state index contributed by atoms with van der Waals surface area (Å²) in [7, 11) is 0. The van der Waals surface area contributed by atoms with E-state index in [1.54, 1.807) is 0 Å². The minimum Gasteiger partial charge on any atom is -0.465 e. The Morgan fingerprint density at radius 2 is 1.81 bits per heavy atom. The first kappa shape index (κ1) is 20.1. The molecule has 0 atom stereocenters. The van der Waals surface area contributed by atoms with E-state index in [0.29, 0.717) is 19.1 Å². The molecule has 0 unspecified atom stereocenters. The van der Waals surface area contributed by atoms with Gasteiger partial charge in [-0.1, -0.05) is 64.0 Å². The summed E-state index contributed by atoms with van der Waals surface area (Å²) in [5, 5.41) is 13.9. The quantitative estimate of drug-likeness (QED) is 0.427. The molecule has 2 rings (SSSR count). The normalized spacial score (nSPS) is 11.0. The highest BCUT2D eigenvalue weighted by atomic mass is 16.4. The zero-order valence-electron chi connectivity index (χ0n) is 15.7. The van der Waals surface area contributed by atoms with E-state index in [2.05, 4.69) is 28.6 Å². The number of nitrogens with zero attached hydrogens (tertiary/aromatic N) is 1. The van der Waals surface area contributed by atoms with E-state index in [0.717, 1.165) is 17.5 Å². The molecule has 0 fully saturated rings. The average molecular weight is 361 g/mol. The van der Waals surface area contributed by atoms with Gasteiger partial charge in [0.25, 0.3) is 6.01 Å². The fourth-order valence-electron chi connectivity index (χ4n) is 3.07. The average Bonchev–Trinajstić information content (AvgIpc) is 3.04. The first-order valence-electron chi connectivity index (χ1n) is 9.79. The number of rotatable bonds is 13. The summed E-state index contributed by atoms with van der Waals surface area (Å²) in [6, 6.07) is 6.50. The lowest BCUT2D eigenvalue weighted by Crippen LogP contribution is -2.26. The van der Waals surface area contributed by atoms with Gasteiger partial charge in [-0.15, -0.1) is 0 Å². The molecular formula is C20H31N3O3. The summed E-state index contributed by atoms with van der Waals surface area (Å²) in [4.78, 5) is 14.9. The van der Waals surface area contributed by atoms with E-state index in [-0.39, 0.29) is 0 Å². The molecule has 0 spiro atoms. The Morgan fingerprint density at radius 3 is 2.54 bits per heavy atom. The molecular weight excluding hydrogens is 330 g/mol. The van der Waals surface area contributed by atoms with Crippen LogP contribution in [0.5, 0.6) is 0 Å². The van der Waals surface area contributed by atoms with E-state index < -0.39 is 6.09 Å². The van der Waals surface area contributed by atoms with Gasteiger partial charge in [0.15, 0.2) is 5.58 Å². The van der Waals surface area contributed by atoms with E-state index in [1.165, 1.54) is 56.9 Å². The van der Waals surface area contributed by atoms with Crippen molar-refractivity contribution >= 4 is 23.2 Å². The number of para-hydroxylation sites is 1. The van der Waals surface area contributed by atoms with Crippen LogP contribution in [0, 0.1) is 0 Å². The summed E-state index contributed by atoms with van der Waals surface area (Å²) in [5.41, 5.74) is 2.87. The van der Waals surface area contributed by atoms with Crippen LogP contribution in [-0.2, 0) is 6.42 Å². The van der Waals surface area contributed by atoms with E-state index in [4.69, 9.17) is 9.52 Å². The third-order valence-electron chi connectivity index (χ3n) is 4.47. The second kappa shape index (κ2) is 11.4. The van der Waals surface area contributed by atoms with Gasteiger partial charge in [0.2, 0.25) is 0 Å². The Bertz CT molecular complexity index is 669. The minimum absolute atomic E-state index is 0.305. The monoisotopic (exact) mass is 361 g/mol. The van der Waals surface area contributed by atoms with Crippen LogP contribution < -0.4 is 10.6 Å². The standard InChI is InChI=1S/C20H31N3O3/c1-2-3-4-5-6-7-8-9-11-16-12-10-13-17-18(16)26-19(23-17)21-14-15-22-20(24)25/h10,12-13,22H,2-9,11,14-15H2,1H3,(H,21,23)(H,24,25). The van der Waals surface area contributed by atoms with Crippen LogP contribution in [0.3, 0.4) is 0 Å². The maximum Gasteiger partial charge on any atom is 0.404 e. The third kappa shape index (κ3) is 6.94. The summed E-state index contributed by atoms with van der Waals surface area (Å²) in [6.45, 7) is 2.99. The first-order chi connectivity index (χ1) is 12.7. The van der Waals surface area contributed by atoms with Crippen molar-refractivity contribution in [3.63, 3.8) is 0 Å². The van der Waals surface area contributed by atoms with E-state index in [1.807, 2.05) is 12.1 Å². The topological polar surface area (TPSA) is 87.4 Å². The van der Waals surface area contributed by atoms with Crippen LogP contribution in [0.4, 0.5) is 10.8 Å². The number of aryl methyl sites for hydroxylation is 1. The maximum atomic E-state index is 10.4. The van der Waals surface area contributed by atoms with Gasteiger partial charge in [0.1, 0.15) is 5.52 Å². The highest BCUT2D eigenvalue weighted by Crippen LogP contribution is 2.24. The Kier molecular flexibility index (Phi) is 8.79. The molecule has 1 amide bonds. The van der Waals surface area contributed by atoms with Gasteiger partial charge in [0, 0.05) is 13.1 Å². The molecule has 0 aliphatic rings. The number of amides is 1. The molecule has 144 valence electrons. The molecule has 0 aliphatic heterocycles. The summed E-state index contributed by atoms with van der Waals surface area (Å²) < 4.78 is 5.83. The summed E-state index contributed by atoms with van der Waals surface area (Å²) >= 11 is 0. The van der Waals surface area contributed by atoms with Gasteiger partial charge < -0.3 is 20.2 Å². The summed E-state index contributed by atoms with van der Waals surface area (Å²) in [6.07, 6.45) is 10.4. The largest absolute Gasteiger partial charge is 0.465 e. The van der Waals surface area contributed by atoms with Gasteiger partial charge in [-0.2, -0.15) is 4.98 Å². The van der Waals surface area contributed by atoms with Gasteiger partial charge in [-0.05, 0) is 24.5 Å². The number of benzene rings is 1. The minimum atomic E-state index is -1.03. The number of hydrogen-bond donors (Lipinski definition) is 3. The molecule has 0 aliphatic carbocycles. The van der Waals surface area contributed by atoms with Crippen molar-refractivity contribution in [3.8, 4) is 0 Å². The zero-order valence-corrected chi connectivity index (χ0v) is 15.7. The lowest BCUT2D eigenvalue weighted by molar-refractivity contribution is 0.195. The van der Waals surface area contributed by atoms with Crippen molar-refractivity contribution in [2.45, 2.75) is 64.7 Å². The molecule has 0 saturated heterocycles. The number of carboxylic acid groups (broad SMARTS) is 1. The van der Waals surface area contributed by atoms with Crippen molar-refractivity contribution in [1.29, 1.82) is 0 Å². The molecule has 3 N–H and O–H groups in total. The SMILES string of the molecule is CCCCCCCCCCc1cccc2nc(NCCNC(=O)O)oc12. The molecule has 26 heavy (non-hydrogen) atoms. The van der Waals surface area contributed by atoms with Gasteiger partial charge in [-0.3, -0.25) is 0 Å². The smallest absolute Gasteiger partial charge is 0.404 e. The van der Waals surface area contributed by atoms with Crippen molar-refractivity contribution in [3.05, 3.63) is 23.8 Å². The van der Waals surface area contributed by atoms with Gasteiger partial charge in [-0.25, -0.2) is 4.79 Å². The predicted molar refractivity (Wildman–Crippen MR) is 105 cm³/mol. The third-order valence-corrected chi connectivity index (χ3v) is 4.47. The molecule has 0 bridgehead atoms. The van der Waals surface area contributed by atoms with E-state index >= 15 is 0 Å². The van der Waals surface area contributed by atoms with Crippen molar-refractivity contribution in [2.24, 2.45) is 0 Å². The molecule has 6 nitrogen and oxygen atoms in total. The molecule has 1 aromatic carbocycles. The van der Waals surface area contributed by atoms with Crippen LogP contribution in [0.1, 0.15) is 63.9 Å². The molecule has 0 saturated carbocycles. The fourth-order valence-corrected chi connectivity index (χ4v) is 3.07. The van der Waals surface area contributed by atoms with Crippen molar-refractivity contribution in [2.75, 3.05) is 18.4 Å². The molecule has 1 heterocycles. The molecule has 1 aromatic heterocycles. The highest BCUT2D eigenvalue weighted by Gasteiger charge is 2.09. The fraction of sp³-hybridized carbons (Fsp3) is 0.600. The molecule has 2 aromatic rings. The maximum absolute atomic E-state index is 10.4. The van der Waals surface area contributed by atoms with Crippen LogP contribution in [-0.4, -0.2) is 29.3 Å².